The third kappa shape index (κ3) is 3.14. The van der Waals surface area contributed by atoms with Crippen molar-refractivity contribution in [1.29, 1.82) is 0 Å². The first-order valence-corrected chi connectivity index (χ1v) is 8.30. The summed E-state index contributed by atoms with van der Waals surface area (Å²) in [5.74, 6) is 0.826. The summed E-state index contributed by atoms with van der Waals surface area (Å²) in [7, 11) is -1.74. The highest BCUT2D eigenvalue weighted by molar-refractivity contribution is 7.91. The fourth-order valence-corrected chi connectivity index (χ4v) is 3.94. The second-order valence-electron chi connectivity index (χ2n) is 5.32. The minimum absolute atomic E-state index is 0.00291. The van der Waals surface area contributed by atoms with Gasteiger partial charge >= 0.3 is 0 Å². The van der Waals surface area contributed by atoms with E-state index in [1.54, 1.807) is 11.6 Å². The van der Waals surface area contributed by atoms with Gasteiger partial charge in [-0.2, -0.15) is 0 Å². The average Bonchev–Trinajstić information content (AvgIpc) is 2.72. The van der Waals surface area contributed by atoms with E-state index in [9.17, 15) is 8.42 Å². The second-order valence-corrected chi connectivity index (χ2v) is 7.25. The number of aromatic nitrogens is 3. The normalized spacial score (nSPS) is 20.9. The summed E-state index contributed by atoms with van der Waals surface area (Å²) in [5.41, 5.74) is 0. The van der Waals surface area contributed by atoms with E-state index in [1.807, 2.05) is 13.8 Å². The van der Waals surface area contributed by atoms with E-state index in [0.717, 1.165) is 19.3 Å². The molecule has 1 aromatic heterocycles. The van der Waals surface area contributed by atoms with Crippen LogP contribution in [-0.4, -0.2) is 41.6 Å². The van der Waals surface area contributed by atoms with E-state index in [0.29, 0.717) is 12.4 Å². The van der Waals surface area contributed by atoms with Crippen LogP contribution in [0.1, 0.15) is 44.9 Å². The molecule has 7 heteroatoms. The largest absolute Gasteiger partial charge is 0.377 e. The smallest absolute Gasteiger partial charge is 0.249 e. The highest BCUT2D eigenvalue weighted by atomic mass is 32.2. The topological polar surface area (TPSA) is 74.1 Å². The Kier molecular flexibility index (Phi) is 4.25. The van der Waals surface area contributed by atoms with Crippen molar-refractivity contribution in [1.82, 2.24) is 14.8 Å². The molecule has 0 amide bonds. The van der Waals surface area contributed by atoms with Crippen molar-refractivity contribution in [2.75, 3.05) is 12.4 Å². The lowest BCUT2D eigenvalue weighted by Crippen LogP contribution is -2.29. The molecular weight excluding hydrogens is 266 g/mol. The van der Waals surface area contributed by atoms with Crippen molar-refractivity contribution in [3.63, 3.8) is 0 Å². The van der Waals surface area contributed by atoms with Gasteiger partial charge in [-0.3, -0.25) is 0 Å². The molecule has 0 aliphatic carbocycles. The molecule has 1 fully saturated rings. The Morgan fingerprint density at radius 2 is 2.11 bits per heavy atom. The third-order valence-electron chi connectivity index (χ3n) is 3.34. The van der Waals surface area contributed by atoms with Gasteiger partial charge in [0.15, 0.2) is 0 Å². The van der Waals surface area contributed by atoms with Gasteiger partial charge < -0.3 is 9.30 Å². The van der Waals surface area contributed by atoms with Crippen molar-refractivity contribution < 1.29 is 13.2 Å². The van der Waals surface area contributed by atoms with Crippen LogP contribution < -0.4 is 0 Å². The lowest BCUT2D eigenvalue weighted by atomic mass is 10.1. The molecule has 0 radical (unpaired) electrons. The summed E-state index contributed by atoms with van der Waals surface area (Å²) >= 11 is 0. The lowest BCUT2D eigenvalue weighted by Gasteiger charge is -2.22. The van der Waals surface area contributed by atoms with Crippen molar-refractivity contribution in [2.24, 2.45) is 7.05 Å². The molecule has 1 aromatic rings. The number of rotatable bonds is 4. The predicted octanol–water partition coefficient (Wildman–Crippen LogP) is 1.28. The summed E-state index contributed by atoms with van der Waals surface area (Å²) in [4.78, 5) is 0. The minimum Gasteiger partial charge on any atom is -0.377 e. The maximum Gasteiger partial charge on any atom is 0.249 e. The van der Waals surface area contributed by atoms with Crippen LogP contribution in [0.5, 0.6) is 0 Å². The lowest BCUT2D eigenvalue weighted by molar-refractivity contribution is 0.0304. The Hall–Kier alpha value is -0.950. The summed E-state index contributed by atoms with van der Waals surface area (Å²) in [6.45, 7) is 4.57. The van der Waals surface area contributed by atoms with E-state index in [-0.39, 0.29) is 22.9 Å². The quantitative estimate of drug-likeness (QED) is 0.834. The van der Waals surface area contributed by atoms with Gasteiger partial charge in [-0.15, -0.1) is 10.2 Å². The Balaban J connectivity index is 2.19. The molecule has 19 heavy (non-hydrogen) atoms. The molecule has 1 aliphatic heterocycles. The van der Waals surface area contributed by atoms with E-state index in [1.165, 1.54) is 0 Å². The van der Waals surface area contributed by atoms with Crippen LogP contribution in [-0.2, 0) is 21.6 Å². The third-order valence-corrected chi connectivity index (χ3v) is 5.06. The van der Waals surface area contributed by atoms with Gasteiger partial charge in [0.2, 0.25) is 15.0 Å². The van der Waals surface area contributed by atoms with Gasteiger partial charge in [0, 0.05) is 19.6 Å². The molecule has 0 aromatic carbocycles. The van der Waals surface area contributed by atoms with Crippen molar-refractivity contribution in [3.8, 4) is 0 Å². The minimum atomic E-state index is -3.44. The van der Waals surface area contributed by atoms with Crippen LogP contribution in [0.2, 0.25) is 0 Å². The van der Waals surface area contributed by atoms with E-state index >= 15 is 0 Å². The van der Waals surface area contributed by atoms with Crippen LogP contribution in [0.3, 0.4) is 0 Å². The first kappa shape index (κ1) is 14.5. The standard InChI is InChI=1S/C12H21N3O3S/c1-9(2)11-13-14-12(15(11)3)19(16,17)8-10-6-4-5-7-18-10/h9-10H,4-8H2,1-3H3. The molecule has 0 spiro atoms. The fraction of sp³-hybridized carbons (Fsp3) is 0.833. The van der Waals surface area contributed by atoms with Gasteiger partial charge in [0.1, 0.15) is 5.82 Å². The zero-order valence-corrected chi connectivity index (χ0v) is 12.5. The highest BCUT2D eigenvalue weighted by Crippen LogP contribution is 2.20. The fourth-order valence-electron chi connectivity index (χ4n) is 2.36. The second kappa shape index (κ2) is 5.58. The summed E-state index contributed by atoms with van der Waals surface area (Å²) < 4.78 is 31.8. The molecular formula is C12H21N3O3S. The molecule has 1 aliphatic rings. The first-order chi connectivity index (χ1) is 8.92. The van der Waals surface area contributed by atoms with Crippen LogP contribution in [0.4, 0.5) is 0 Å². The monoisotopic (exact) mass is 287 g/mol. The van der Waals surface area contributed by atoms with Crippen molar-refractivity contribution >= 4 is 9.84 Å². The maximum absolute atomic E-state index is 12.4. The molecule has 2 heterocycles. The van der Waals surface area contributed by atoms with E-state index in [2.05, 4.69) is 10.2 Å². The zero-order chi connectivity index (χ0) is 14.0. The molecule has 0 N–H and O–H groups in total. The maximum atomic E-state index is 12.4. The van der Waals surface area contributed by atoms with Gasteiger partial charge in [0.05, 0.1) is 11.9 Å². The Morgan fingerprint density at radius 3 is 2.63 bits per heavy atom. The first-order valence-electron chi connectivity index (χ1n) is 6.65. The number of hydrogen-bond acceptors (Lipinski definition) is 5. The SMILES string of the molecule is CC(C)c1nnc(S(=O)(=O)CC2CCCCO2)n1C. The molecule has 6 nitrogen and oxygen atoms in total. The molecule has 0 bridgehead atoms. The molecule has 1 atom stereocenters. The highest BCUT2D eigenvalue weighted by Gasteiger charge is 2.28. The molecule has 108 valence electrons. The molecule has 1 unspecified atom stereocenters. The number of ether oxygens (including phenoxy) is 1. The van der Waals surface area contributed by atoms with Gasteiger partial charge in [-0.1, -0.05) is 13.8 Å². The van der Waals surface area contributed by atoms with Crippen LogP contribution in [0.25, 0.3) is 0 Å². The molecule has 0 saturated carbocycles. The number of hydrogen-bond donors (Lipinski definition) is 0. The summed E-state index contributed by atoms with van der Waals surface area (Å²) in [6, 6.07) is 0. The van der Waals surface area contributed by atoms with Gasteiger partial charge in [-0.25, -0.2) is 8.42 Å². The van der Waals surface area contributed by atoms with Gasteiger partial charge in [0.25, 0.3) is 0 Å². The summed E-state index contributed by atoms with van der Waals surface area (Å²) in [6.07, 6.45) is 2.63. The Bertz CT molecular complexity index is 530. The summed E-state index contributed by atoms with van der Waals surface area (Å²) in [5, 5.41) is 7.86. The van der Waals surface area contributed by atoms with Crippen LogP contribution >= 0.6 is 0 Å². The molecule has 1 saturated heterocycles. The van der Waals surface area contributed by atoms with Crippen LogP contribution in [0, 0.1) is 0 Å². The van der Waals surface area contributed by atoms with Crippen LogP contribution in [0.15, 0.2) is 5.16 Å². The molecule has 2 rings (SSSR count). The Morgan fingerprint density at radius 1 is 1.37 bits per heavy atom. The van der Waals surface area contributed by atoms with Gasteiger partial charge in [-0.05, 0) is 19.3 Å². The Labute approximate surface area is 114 Å². The van der Waals surface area contributed by atoms with Crippen molar-refractivity contribution in [2.45, 2.75) is 50.3 Å². The van der Waals surface area contributed by atoms with E-state index in [4.69, 9.17) is 4.74 Å². The number of nitrogens with zero attached hydrogens (tertiary/aromatic N) is 3. The number of sulfone groups is 1. The van der Waals surface area contributed by atoms with Crippen molar-refractivity contribution in [3.05, 3.63) is 5.82 Å². The predicted molar refractivity (Wildman–Crippen MR) is 70.7 cm³/mol. The average molecular weight is 287 g/mol. The van der Waals surface area contributed by atoms with E-state index < -0.39 is 9.84 Å². The zero-order valence-electron chi connectivity index (χ0n) is 11.7.